The summed E-state index contributed by atoms with van der Waals surface area (Å²) < 4.78 is 0. The second-order valence-corrected chi connectivity index (χ2v) is 4.59. The molecule has 0 spiro atoms. The molecule has 13 heavy (non-hydrogen) atoms. The Bertz CT molecular complexity index is 304. The Morgan fingerprint density at radius 1 is 1.62 bits per heavy atom. The van der Waals surface area contributed by atoms with E-state index < -0.39 is 0 Å². The number of Topliss-reactive ketones (excluding diaryl/α,β-unsaturated/α-hetero) is 1. The van der Waals surface area contributed by atoms with E-state index in [1.165, 1.54) is 11.3 Å². The molecule has 0 saturated heterocycles. The van der Waals surface area contributed by atoms with Crippen LogP contribution in [0.4, 0.5) is 0 Å². The Morgan fingerprint density at radius 3 is 2.77 bits per heavy atom. The van der Waals surface area contributed by atoms with Crippen LogP contribution >= 0.6 is 22.9 Å². The van der Waals surface area contributed by atoms with Crippen LogP contribution in [0.1, 0.15) is 41.2 Å². The summed E-state index contributed by atoms with van der Waals surface area (Å²) in [5.41, 5.74) is 0. The van der Waals surface area contributed by atoms with Crippen LogP contribution in [0.25, 0.3) is 0 Å². The Labute approximate surface area is 87.7 Å². The molecule has 0 amide bonds. The van der Waals surface area contributed by atoms with Crippen molar-refractivity contribution in [1.29, 1.82) is 0 Å². The minimum absolute atomic E-state index is 0.106. The molecule has 1 heterocycles. The first-order valence-corrected chi connectivity index (χ1v) is 5.63. The van der Waals surface area contributed by atoms with E-state index in [9.17, 15) is 4.79 Å². The molecular weight excluding hydrogens is 204 g/mol. The second-order valence-electron chi connectivity index (χ2n) is 3.04. The third-order valence-electron chi connectivity index (χ3n) is 1.86. The lowest BCUT2D eigenvalue weighted by Crippen LogP contribution is -1.83. The summed E-state index contributed by atoms with van der Waals surface area (Å²) in [4.78, 5) is 13.0. The first kappa shape index (κ1) is 10.7. The molecule has 1 nitrogen and oxygen atoms in total. The first-order chi connectivity index (χ1) is 6.15. The number of rotatable bonds is 4. The van der Waals surface area contributed by atoms with Gasteiger partial charge in [0.15, 0.2) is 5.78 Å². The van der Waals surface area contributed by atoms with Gasteiger partial charge in [-0.05, 0) is 25.8 Å². The van der Waals surface area contributed by atoms with Gasteiger partial charge in [-0.1, -0.05) is 24.9 Å². The molecule has 0 aliphatic carbocycles. The van der Waals surface area contributed by atoms with E-state index in [4.69, 9.17) is 11.6 Å². The normalized spacial score (nSPS) is 10.4. The van der Waals surface area contributed by atoms with Gasteiger partial charge in [-0.2, -0.15) is 0 Å². The van der Waals surface area contributed by atoms with Crippen LogP contribution in [0.5, 0.6) is 0 Å². The highest BCUT2D eigenvalue weighted by Crippen LogP contribution is 2.28. The summed E-state index contributed by atoms with van der Waals surface area (Å²) in [6.45, 7) is 3.72. The van der Waals surface area contributed by atoms with Crippen LogP contribution < -0.4 is 0 Å². The van der Waals surface area contributed by atoms with Crippen molar-refractivity contribution in [2.75, 3.05) is 0 Å². The average molecular weight is 217 g/mol. The average Bonchev–Trinajstić information content (AvgIpc) is 2.44. The quantitative estimate of drug-likeness (QED) is 0.697. The van der Waals surface area contributed by atoms with Gasteiger partial charge in [0.1, 0.15) is 0 Å². The fourth-order valence-electron chi connectivity index (χ4n) is 1.09. The maximum atomic E-state index is 11.0. The minimum Gasteiger partial charge on any atom is -0.294 e. The molecule has 0 aliphatic heterocycles. The monoisotopic (exact) mass is 216 g/mol. The summed E-state index contributed by atoms with van der Waals surface area (Å²) in [7, 11) is 0. The SMILES string of the molecule is CCCCc1sc(C(C)=O)cc1Cl. The molecule has 0 aliphatic rings. The molecule has 0 unspecified atom stereocenters. The predicted octanol–water partition coefficient (Wildman–Crippen LogP) is 3.95. The molecule has 0 N–H and O–H groups in total. The number of hydrogen-bond donors (Lipinski definition) is 0. The van der Waals surface area contributed by atoms with Crippen molar-refractivity contribution in [2.45, 2.75) is 33.1 Å². The van der Waals surface area contributed by atoms with Crippen molar-refractivity contribution in [3.63, 3.8) is 0 Å². The van der Waals surface area contributed by atoms with Gasteiger partial charge in [0.05, 0.1) is 9.90 Å². The van der Waals surface area contributed by atoms with Crippen molar-refractivity contribution < 1.29 is 4.79 Å². The number of ketones is 1. The molecule has 0 saturated carbocycles. The number of aryl methyl sites for hydroxylation is 1. The van der Waals surface area contributed by atoms with Crippen molar-refractivity contribution in [3.8, 4) is 0 Å². The van der Waals surface area contributed by atoms with Crippen LogP contribution in [0.3, 0.4) is 0 Å². The Hall–Kier alpha value is -0.340. The molecule has 3 heteroatoms. The zero-order chi connectivity index (χ0) is 9.84. The third-order valence-corrected chi connectivity index (χ3v) is 3.61. The highest BCUT2D eigenvalue weighted by molar-refractivity contribution is 7.14. The molecule has 0 bridgehead atoms. The Morgan fingerprint density at radius 2 is 2.31 bits per heavy atom. The van der Waals surface area contributed by atoms with Crippen molar-refractivity contribution in [2.24, 2.45) is 0 Å². The van der Waals surface area contributed by atoms with E-state index in [0.717, 1.165) is 34.0 Å². The number of carbonyl (C=O) groups excluding carboxylic acids is 1. The van der Waals surface area contributed by atoms with Crippen molar-refractivity contribution in [1.82, 2.24) is 0 Å². The largest absolute Gasteiger partial charge is 0.294 e. The molecule has 0 radical (unpaired) electrons. The smallest absolute Gasteiger partial charge is 0.169 e. The molecule has 0 fully saturated rings. The van der Waals surface area contributed by atoms with E-state index in [1.54, 1.807) is 13.0 Å². The number of carbonyl (C=O) groups is 1. The summed E-state index contributed by atoms with van der Waals surface area (Å²) in [5.74, 6) is 0.106. The van der Waals surface area contributed by atoms with Crippen LogP contribution in [0, 0.1) is 0 Å². The number of thiophene rings is 1. The van der Waals surface area contributed by atoms with E-state index in [0.29, 0.717) is 0 Å². The Balaban J connectivity index is 2.77. The molecule has 0 aromatic carbocycles. The zero-order valence-electron chi connectivity index (χ0n) is 7.89. The van der Waals surface area contributed by atoms with Gasteiger partial charge in [0.2, 0.25) is 0 Å². The first-order valence-electron chi connectivity index (χ1n) is 4.44. The highest BCUT2D eigenvalue weighted by Gasteiger charge is 2.09. The number of unbranched alkanes of at least 4 members (excludes halogenated alkanes) is 1. The molecule has 1 aromatic rings. The van der Waals surface area contributed by atoms with Gasteiger partial charge in [-0.15, -0.1) is 11.3 Å². The van der Waals surface area contributed by atoms with E-state index in [2.05, 4.69) is 6.92 Å². The third kappa shape index (κ3) is 2.82. The van der Waals surface area contributed by atoms with Crippen LogP contribution in [-0.4, -0.2) is 5.78 Å². The summed E-state index contributed by atoms with van der Waals surface area (Å²) in [6.07, 6.45) is 3.29. The molecule has 0 atom stereocenters. The van der Waals surface area contributed by atoms with Gasteiger partial charge >= 0.3 is 0 Å². The number of halogens is 1. The van der Waals surface area contributed by atoms with Crippen LogP contribution in [0.15, 0.2) is 6.07 Å². The lowest BCUT2D eigenvalue weighted by Gasteiger charge is -1.94. The zero-order valence-corrected chi connectivity index (χ0v) is 9.47. The van der Waals surface area contributed by atoms with Crippen molar-refractivity contribution >= 4 is 28.7 Å². The van der Waals surface area contributed by atoms with Crippen LogP contribution in [0.2, 0.25) is 5.02 Å². The maximum absolute atomic E-state index is 11.0. The van der Waals surface area contributed by atoms with E-state index in [1.807, 2.05) is 0 Å². The van der Waals surface area contributed by atoms with Gasteiger partial charge in [0, 0.05) is 4.88 Å². The summed E-state index contributed by atoms with van der Waals surface area (Å²) in [5, 5.41) is 0.753. The Kier molecular flexibility index (Phi) is 3.94. The van der Waals surface area contributed by atoms with Gasteiger partial charge in [0.25, 0.3) is 0 Å². The lowest BCUT2D eigenvalue weighted by molar-refractivity contribution is 0.102. The fraction of sp³-hybridized carbons (Fsp3) is 0.500. The molecule has 1 aromatic heterocycles. The van der Waals surface area contributed by atoms with Crippen molar-refractivity contribution in [3.05, 3.63) is 20.8 Å². The van der Waals surface area contributed by atoms with E-state index >= 15 is 0 Å². The summed E-state index contributed by atoms with van der Waals surface area (Å²) in [6, 6.07) is 1.78. The molecule has 1 rings (SSSR count). The molecule has 72 valence electrons. The van der Waals surface area contributed by atoms with Crippen LogP contribution in [-0.2, 0) is 6.42 Å². The van der Waals surface area contributed by atoms with Gasteiger partial charge < -0.3 is 0 Å². The predicted molar refractivity (Wildman–Crippen MR) is 57.9 cm³/mol. The fourth-order valence-corrected chi connectivity index (χ4v) is 2.46. The lowest BCUT2D eigenvalue weighted by atomic mass is 10.2. The standard InChI is InChI=1S/C10H13ClOS/c1-3-4-5-9-8(11)6-10(13-9)7(2)12/h6H,3-5H2,1-2H3. The summed E-state index contributed by atoms with van der Waals surface area (Å²) >= 11 is 7.51. The second kappa shape index (κ2) is 4.77. The minimum atomic E-state index is 0.106. The van der Waals surface area contributed by atoms with Gasteiger partial charge in [-0.3, -0.25) is 4.79 Å². The topological polar surface area (TPSA) is 17.1 Å². The molecular formula is C10H13ClOS. The maximum Gasteiger partial charge on any atom is 0.169 e. The number of hydrogen-bond acceptors (Lipinski definition) is 2. The highest BCUT2D eigenvalue weighted by atomic mass is 35.5. The van der Waals surface area contributed by atoms with E-state index in [-0.39, 0.29) is 5.78 Å². The van der Waals surface area contributed by atoms with Gasteiger partial charge in [-0.25, -0.2) is 0 Å².